The average molecular weight is 407 g/mol. The zero-order chi connectivity index (χ0) is 16.9. The van der Waals surface area contributed by atoms with Crippen molar-refractivity contribution in [1.82, 2.24) is 0 Å². The lowest BCUT2D eigenvalue weighted by atomic mass is 10.1. The summed E-state index contributed by atoms with van der Waals surface area (Å²) in [5.41, 5.74) is -5.91. The highest BCUT2D eigenvalue weighted by Gasteiger charge is 2.56. The van der Waals surface area contributed by atoms with Gasteiger partial charge in [-0.15, -0.1) is 0 Å². The van der Waals surface area contributed by atoms with E-state index in [-0.39, 0.29) is 16.5 Å². The molecule has 1 aliphatic rings. The minimum Gasteiger partial charge on any atom is -0.347 e. The van der Waals surface area contributed by atoms with Crippen LogP contribution in [0, 0.1) is 0 Å². The summed E-state index contributed by atoms with van der Waals surface area (Å²) in [5, 5.41) is 0. The highest BCUT2D eigenvalue weighted by Crippen LogP contribution is 2.49. The summed E-state index contributed by atoms with van der Waals surface area (Å²) in [6.45, 7) is 0. The molecule has 124 valence electrons. The third-order valence-electron chi connectivity index (χ3n) is 3.56. The fourth-order valence-electron chi connectivity index (χ4n) is 2.54. The van der Waals surface area contributed by atoms with Gasteiger partial charge in [-0.1, -0.05) is 15.9 Å². The number of rotatable bonds is 3. The van der Waals surface area contributed by atoms with Crippen LogP contribution in [0.2, 0.25) is 0 Å². The normalized spacial score (nSPS) is 21.0. The Bertz CT molecular complexity index is 698. The number of hydrogen-bond donors (Lipinski definition) is 0. The standard InChI is InChI=1S/C12H11BrF4O4S/c1-20-11(21-2)9(14)5-6-7(13)3-4-8(10(6)11)22(18,19)12(15,16)17/h3-4,9H,5H2,1-2H3. The summed E-state index contributed by atoms with van der Waals surface area (Å²) in [4.78, 5) is -1.07. The van der Waals surface area contributed by atoms with Gasteiger partial charge in [-0.05, 0) is 17.7 Å². The van der Waals surface area contributed by atoms with Gasteiger partial charge in [0, 0.05) is 30.7 Å². The molecule has 0 bridgehead atoms. The van der Waals surface area contributed by atoms with E-state index in [0.29, 0.717) is 0 Å². The van der Waals surface area contributed by atoms with Gasteiger partial charge < -0.3 is 9.47 Å². The van der Waals surface area contributed by atoms with Gasteiger partial charge in [-0.25, -0.2) is 12.8 Å². The van der Waals surface area contributed by atoms with Crippen molar-refractivity contribution in [1.29, 1.82) is 0 Å². The number of methoxy groups -OCH3 is 2. The predicted octanol–water partition coefficient (Wildman–Crippen LogP) is 3.08. The number of fused-ring (bicyclic) bond motifs is 1. The molecule has 10 heteroatoms. The third-order valence-corrected chi connectivity index (χ3v) is 5.83. The lowest BCUT2D eigenvalue weighted by Gasteiger charge is -2.30. The van der Waals surface area contributed by atoms with Crippen LogP contribution in [-0.2, 0) is 31.5 Å². The van der Waals surface area contributed by atoms with E-state index in [1.807, 2.05) is 0 Å². The van der Waals surface area contributed by atoms with Gasteiger partial charge in [0.05, 0.1) is 4.90 Å². The molecular formula is C12H11BrF4O4S. The van der Waals surface area contributed by atoms with E-state index in [1.54, 1.807) is 0 Å². The molecule has 4 nitrogen and oxygen atoms in total. The Kier molecular flexibility index (Phi) is 4.35. The first kappa shape index (κ1) is 17.6. The molecule has 0 N–H and O–H groups in total. The Balaban J connectivity index is 2.87. The Morgan fingerprint density at radius 3 is 2.27 bits per heavy atom. The van der Waals surface area contributed by atoms with E-state index in [4.69, 9.17) is 9.47 Å². The van der Waals surface area contributed by atoms with Crippen LogP contribution >= 0.6 is 15.9 Å². The largest absolute Gasteiger partial charge is 0.501 e. The van der Waals surface area contributed by atoms with Crippen LogP contribution in [0.3, 0.4) is 0 Å². The summed E-state index contributed by atoms with van der Waals surface area (Å²) >= 11 is 3.08. The molecule has 0 fully saturated rings. The molecule has 1 unspecified atom stereocenters. The second kappa shape index (κ2) is 5.43. The molecule has 1 aliphatic carbocycles. The first-order valence-electron chi connectivity index (χ1n) is 5.90. The highest BCUT2D eigenvalue weighted by atomic mass is 79.9. The summed E-state index contributed by atoms with van der Waals surface area (Å²) in [5.74, 6) is -2.20. The maximum atomic E-state index is 14.3. The van der Waals surface area contributed by atoms with Gasteiger partial charge in [0.1, 0.15) is 0 Å². The summed E-state index contributed by atoms with van der Waals surface area (Å²) < 4.78 is 86.7. The van der Waals surface area contributed by atoms with Gasteiger partial charge in [0.25, 0.3) is 9.84 Å². The maximum Gasteiger partial charge on any atom is 0.501 e. The molecule has 0 aliphatic heterocycles. The highest BCUT2D eigenvalue weighted by molar-refractivity contribution is 9.10. The summed E-state index contributed by atoms with van der Waals surface area (Å²) in [7, 11) is -3.61. The monoisotopic (exact) mass is 406 g/mol. The molecule has 22 heavy (non-hydrogen) atoms. The van der Waals surface area contributed by atoms with Crippen LogP contribution in [0.5, 0.6) is 0 Å². The number of sulfone groups is 1. The van der Waals surface area contributed by atoms with Crippen molar-refractivity contribution in [3.8, 4) is 0 Å². The predicted molar refractivity (Wildman–Crippen MR) is 71.7 cm³/mol. The third kappa shape index (κ3) is 2.27. The van der Waals surface area contributed by atoms with Crippen molar-refractivity contribution < 1.29 is 35.5 Å². The first-order chi connectivity index (χ1) is 10.0. The SMILES string of the molecule is COC1(OC)c2c(S(=O)(=O)C(F)(F)F)ccc(Br)c2CC1F. The van der Waals surface area contributed by atoms with Crippen LogP contribution in [0.1, 0.15) is 11.1 Å². The fourth-order valence-corrected chi connectivity index (χ4v) is 4.07. The van der Waals surface area contributed by atoms with Crippen LogP contribution in [0.15, 0.2) is 21.5 Å². The van der Waals surface area contributed by atoms with E-state index < -0.39 is 37.8 Å². The topological polar surface area (TPSA) is 52.6 Å². The van der Waals surface area contributed by atoms with Crippen LogP contribution in [0.25, 0.3) is 0 Å². The number of halogens is 5. The minimum absolute atomic E-state index is 0.0709. The molecule has 0 heterocycles. The Hall–Kier alpha value is -0.710. The molecule has 0 saturated heterocycles. The van der Waals surface area contributed by atoms with Crippen molar-refractivity contribution in [3.05, 3.63) is 27.7 Å². The molecule has 0 radical (unpaired) electrons. The van der Waals surface area contributed by atoms with E-state index >= 15 is 0 Å². The number of benzene rings is 1. The van der Waals surface area contributed by atoms with Crippen molar-refractivity contribution in [2.24, 2.45) is 0 Å². The Labute approximate surface area is 132 Å². The Morgan fingerprint density at radius 2 is 1.82 bits per heavy atom. The van der Waals surface area contributed by atoms with Gasteiger partial charge in [0.15, 0.2) is 6.17 Å². The van der Waals surface area contributed by atoms with Crippen molar-refractivity contribution in [3.63, 3.8) is 0 Å². The molecule has 0 saturated carbocycles. The van der Waals surface area contributed by atoms with Crippen LogP contribution < -0.4 is 0 Å². The maximum absolute atomic E-state index is 14.3. The van der Waals surface area contributed by atoms with E-state index in [0.717, 1.165) is 26.4 Å². The molecular weight excluding hydrogens is 396 g/mol. The number of alkyl halides is 4. The lowest BCUT2D eigenvalue weighted by molar-refractivity contribution is -0.246. The summed E-state index contributed by atoms with van der Waals surface area (Å²) in [6, 6.07) is 1.89. The van der Waals surface area contributed by atoms with Crippen molar-refractivity contribution in [2.45, 2.75) is 28.8 Å². The molecule has 1 atom stereocenters. The fraction of sp³-hybridized carbons (Fsp3) is 0.500. The smallest absolute Gasteiger partial charge is 0.347 e. The minimum atomic E-state index is -5.68. The molecule has 0 spiro atoms. The molecule has 1 aromatic carbocycles. The second-order valence-electron chi connectivity index (χ2n) is 4.60. The second-order valence-corrected chi connectivity index (χ2v) is 7.36. The molecule has 2 rings (SSSR count). The van der Waals surface area contributed by atoms with Crippen LogP contribution in [0.4, 0.5) is 17.6 Å². The number of ether oxygens (including phenoxy) is 2. The van der Waals surface area contributed by atoms with Crippen molar-refractivity contribution in [2.75, 3.05) is 14.2 Å². The summed E-state index contributed by atoms with van der Waals surface area (Å²) in [6.07, 6.45) is -2.18. The van der Waals surface area contributed by atoms with E-state index in [1.165, 1.54) is 0 Å². The van der Waals surface area contributed by atoms with Gasteiger partial charge >= 0.3 is 5.51 Å². The molecule has 0 aromatic heterocycles. The average Bonchev–Trinajstić information content (AvgIpc) is 2.71. The van der Waals surface area contributed by atoms with Crippen molar-refractivity contribution >= 4 is 25.8 Å². The van der Waals surface area contributed by atoms with Gasteiger partial charge in [0.2, 0.25) is 5.79 Å². The van der Waals surface area contributed by atoms with Gasteiger partial charge in [-0.3, -0.25) is 0 Å². The zero-order valence-corrected chi connectivity index (χ0v) is 13.8. The number of hydrogen-bond acceptors (Lipinski definition) is 4. The first-order valence-corrected chi connectivity index (χ1v) is 8.18. The van der Waals surface area contributed by atoms with Gasteiger partial charge in [-0.2, -0.15) is 13.2 Å². The quantitative estimate of drug-likeness (QED) is 0.571. The zero-order valence-electron chi connectivity index (χ0n) is 11.4. The molecule has 1 aromatic rings. The van der Waals surface area contributed by atoms with E-state index in [9.17, 15) is 26.0 Å². The van der Waals surface area contributed by atoms with Crippen LogP contribution in [-0.4, -0.2) is 34.3 Å². The molecule has 0 amide bonds. The van der Waals surface area contributed by atoms with E-state index in [2.05, 4.69) is 15.9 Å². The lowest BCUT2D eigenvalue weighted by Crippen LogP contribution is -2.39. The Morgan fingerprint density at radius 1 is 1.27 bits per heavy atom.